The average Bonchev–Trinajstić information content (AvgIpc) is 2.32. The van der Waals surface area contributed by atoms with Gasteiger partial charge in [-0.3, -0.25) is 15.2 Å². The second kappa shape index (κ2) is 5.36. The fraction of sp³-hybridized carbons (Fsp3) is 0.571. The number of benzene rings is 1. The van der Waals surface area contributed by atoms with Crippen molar-refractivity contribution in [3.63, 3.8) is 0 Å². The lowest BCUT2D eigenvalue weighted by atomic mass is 9.78. The van der Waals surface area contributed by atoms with Crippen molar-refractivity contribution < 1.29 is 14.3 Å². The Hall–Kier alpha value is -1.30. The third-order valence-corrected chi connectivity index (χ3v) is 3.69. The van der Waals surface area contributed by atoms with Gasteiger partial charge in [-0.2, -0.15) is 0 Å². The third kappa shape index (κ3) is 2.83. The van der Waals surface area contributed by atoms with Crippen LogP contribution < -0.4 is 10.2 Å². The Morgan fingerprint density at radius 3 is 2.58 bits per heavy atom. The van der Waals surface area contributed by atoms with Crippen LogP contribution in [0.3, 0.4) is 0 Å². The molecule has 2 saturated heterocycles. The molecule has 0 bridgehead atoms. The van der Waals surface area contributed by atoms with Crippen LogP contribution in [0.25, 0.3) is 0 Å². The van der Waals surface area contributed by atoms with Crippen LogP contribution in [0.4, 0.5) is 5.69 Å². The predicted molar refractivity (Wildman–Crippen MR) is 72.3 cm³/mol. The Morgan fingerprint density at radius 2 is 2.00 bits per heavy atom. The van der Waals surface area contributed by atoms with Gasteiger partial charge in [0.1, 0.15) is 12.4 Å². The topological polar surface area (TPSA) is 43.0 Å². The summed E-state index contributed by atoms with van der Waals surface area (Å²) in [6.07, 6.45) is 0. The molecule has 5 nitrogen and oxygen atoms in total. The van der Waals surface area contributed by atoms with Crippen molar-refractivity contribution in [2.75, 3.05) is 52.0 Å². The summed E-state index contributed by atoms with van der Waals surface area (Å²) in [6.45, 7) is 5.92. The number of hydrogen-bond acceptors (Lipinski definition) is 5. The van der Waals surface area contributed by atoms with E-state index in [9.17, 15) is 0 Å². The summed E-state index contributed by atoms with van der Waals surface area (Å²) in [5.74, 6) is 0.892. The van der Waals surface area contributed by atoms with Gasteiger partial charge in [0.25, 0.3) is 0 Å². The van der Waals surface area contributed by atoms with Crippen LogP contribution >= 0.6 is 0 Å². The highest BCUT2D eigenvalue weighted by Crippen LogP contribution is 2.37. The monoisotopic (exact) mass is 264 g/mol. The summed E-state index contributed by atoms with van der Waals surface area (Å²) in [5.41, 5.74) is 4.19. The van der Waals surface area contributed by atoms with E-state index in [0.29, 0.717) is 5.41 Å². The first-order chi connectivity index (χ1) is 9.30. The summed E-state index contributed by atoms with van der Waals surface area (Å²) in [6, 6.07) is 7.75. The van der Waals surface area contributed by atoms with Crippen molar-refractivity contribution >= 4 is 5.69 Å². The normalized spacial score (nSPS) is 20.7. The number of hydrogen-bond donors (Lipinski definition) is 1. The van der Waals surface area contributed by atoms with Crippen LogP contribution in [0.5, 0.6) is 5.75 Å². The minimum absolute atomic E-state index is 0.494. The van der Waals surface area contributed by atoms with E-state index in [0.717, 1.165) is 50.9 Å². The molecule has 1 N–H and O–H groups in total. The summed E-state index contributed by atoms with van der Waals surface area (Å²) < 4.78 is 11.0. The van der Waals surface area contributed by atoms with E-state index in [1.165, 1.54) is 0 Å². The summed E-state index contributed by atoms with van der Waals surface area (Å²) in [5, 5.41) is 0. The van der Waals surface area contributed by atoms with Crippen LogP contribution in [0.15, 0.2) is 24.3 Å². The van der Waals surface area contributed by atoms with Gasteiger partial charge in [-0.25, -0.2) is 0 Å². The quantitative estimate of drug-likeness (QED) is 0.786. The minimum atomic E-state index is 0.494. The molecule has 104 valence electrons. The largest absolute Gasteiger partial charge is 0.492 e. The zero-order valence-electron chi connectivity index (χ0n) is 11.2. The first-order valence-corrected chi connectivity index (χ1v) is 6.62. The van der Waals surface area contributed by atoms with Crippen molar-refractivity contribution in [3.8, 4) is 5.75 Å². The fourth-order valence-electron chi connectivity index (χ4n) is 2.66. The molecule has 5 heteroatoms. The third-order valence-electron chi connectivity index (χ3n) is 3.69. The summed E-state index contributed by atoms with van der Waals surface area (Å²) >= 11 is 0. The average molecular weight is 264 g/mol. The highest BCUT2D eigenvalue weighted by molar-refractivity contribution is 5.44. The molecule has 2 aliphatic heterocycles. The predicted octanol–water partition coefficient (Wildman–Crippen LogP) is 1.37. The molecule has 2 heterocycles. The highest BCUT2D eigenvalue weighted by Gasteiger charge is 2.48. The maximum Gasteiger partial charge on any atom is 0.119 e. The maximum absolute atomic E-state index is 5.72. The number of nitrogens with zero attached hydrogens (tertiary/aromatic N) is 1. The van der Waals surface area contributed by atoms with Crippen molar-refractivity contribution in [2.45, 2.75) is 0 Å². The van der Waals surface area contributed by atoms with Crippen molar-refractivity contribution in [1.29, 1.82) is 0 Å². The van der Waals surface area contributed by atoms with Crippen molar-refractivity contribution in [3.05, 3.63) is 24.3 Å². The Bertz CT molecular complexity index is 409. The van der Waals surface area contributed by atoms with Crippen molar-refractivity contribution in [1.82, 2.24) is 4.90 Å². The molecule has 2 aliphatic rings. The van der Waals surface area contributed by atoms with Gasteiger partial charge in [0.05, 0.1) is 26.0 Å². The summed E-state index contributed by atoms with van der Waals surface area (Å²) in [4.78, 5) is 7.25. The van der Waals surface area contributed by atoms with Crippen molar-refractivity contribution in [2.24, 2.45) is 5.41 Å². The Labute approximate surface area is 113 Å². The zero-order chi connectivity index (χ0) is 13.1. The fourth-order valence-corrected chi connectivity index (χ4v) is 2.66. The molecule has 0 radical (unpaired) electrons. The van der Waals surface area contributed by atoms with E-state index >= 15 is 0 Å². The van der Waals surface area contributed by atoms with Gasteiger partial charge in [0.15, 0.2) is 0 Å². The van der Waals surface area contributed by atoms with Crippen LogP contribution in [0.1, 0.15) is 0 Å². The van der Waals surface area contributed by atoms with Gasteiger partial charge in [-0.05, 0) is 24.3 Å². The first kappa shape index (κ1) is 12.7. The lowest BCUT2D eigenvalue weighted by molar-refractivity contribution is -0.189. The lowest BCUT2D eigenvalue weighted by Gasteiger charge is -2.55. The molecule has 1 aromatic rings. The van der Waals surface area contributed by atoms with E-state index in [1.54, 1.807) is 7.11 Å². The first-order valence-electron chi connectivity index (χ1n) is 6.62. The molecule has 0 saturated carbocycles. The number of ether oxygens (including phenoxy) is 2. The molecule has 1 spiro atoms. The molecule has 3 rings (SSSR count). The lowest BCUT2D eigenvalue weighted by Crippen LogP contribution is -2.66. The SMILES string of the molecule is CONc1ccc(OCCN2CC3(COC3)C2)cc1. The van der Waals surface area contributed by atoms with Crippen LogP contribution in [0.2, 0.25) is 0 Å². The molecule has 2 fully saturated rings. The molecule has 0 aliphatic carbocycles. The van der Waals surface area contributed by atoms with Gasteiger partial charge in [-0.15, -0.1) is 0 Å². The second-order valence-electron chi connectivity index (χ2n) is 5.38. The Balaban J connectivity index is 1.35. The minimum Gasteiger partial charge on any atom is -0.492 e. The van der Waals surface area contributed by atoms with Gasteiger partial charge in [0, 0.05) is 25.0 Å². The molecule has 19 heavy (non-hydrogen) atoms. The molecule has 0 atom stereocenters. The number of likely N-dealkylation sites (tertiary alicyclic amines) is 1. The number of rotatable bonds is 6. The van der Waals surface area contributed by atoms with E-state index < -0.39 is 0 Å². The molecular formula is C14H20N2O3. The maximum atomic E-state index is 5.72. The van der Waals surface area contributed by atoms with Crippen LogP contribution in [-0.4, -0.2) is 51.5 Å². The van der Waals surface area contributed by atoms with E-state index in [-0.39, 0.29) is 0 Å². The molecule has 0 amide bonds. The second-order valence-corrected chi connectivity index (χ2v) is 5.38. The Kier molecular flexibility index (Phi) is 3.59. The zero-order valence-corrected chi connectivity index (χ0v) is 11.2. The molecule has 0 unspecified atom stereocenters. The smallest absolute Gasteiger partial charge is 0.119 e. The molecule has 1 aromatic carbocycles. The van der Waals surface area contributed by atoms with Crippen LogP contribution in [-0.2, 0) is 9.57 Å². The Morgan fingerprint density at radius 1 is 1.26 bits per heavy atom. The highest BCUT2D eigenvalue weighted by atomic mass is 16.6. The molecule has 0 aromatic heterocycles. The van der Waals surface area contributed by atoms with Gasteiger partial charge in [0.2, 0.25) is 0 Å². The van der Waals surface area contributed by atoms with E-state index in [4.69, 9.17) is 14.3 Å². The summed E-state index contributed by atoms with van der Waals surface area (Å²) in [7, 11) is 1.59. The van der Waals surface area contributed by atoms with Gasteiger partial charge >= 0.3 is 0 Å². The van der Waals surface area contributed by atoms with E-state index in [2.05, 4.69) is 10.4 Å². The number of anilines is 1. The van der Waals surface area contributed by atoms with E-state index in [1.807, 2.05) is 24.3 Å². The molecular weight excluding hydrogens is 244 g/mol. The van der Waals surface area contributed by atoms with Gasteiger partial charge < -0.3 is 9.47 Å². The number of nitrogens with one attached hydrogen (secondary N) is 1. The van der Waals surface area contributed by atoms with Gasteiger partial charge in [-0.1, -0.05) is 0 Å². The van der Waals surface area contributed by atoms with Crippen LogP contribution in [0, 0.1) is 5.41 Å². The standard InChI is InChI=1S/C14H20N2O3/c1-17-15-12-2-4-13(5-3-12)19-7-6-16-8-14(9-16)10-18-11-14/h2-5,15H,6-11H2,1H3.